The van der Waals surface area contributed by atoms with E-state index >= 15 is 0 Å². The fourth-order valence-electron chi connectivity index (χ4n) is 6.16. The molecule has 2 N–H and O–H groups in total. The first-order chi connectivity index (χ1) is 19.0. The van der Waals surface area contributed by atoms with E-state index in [0.717, 1.165) is 17.7 Å². The van der Waals surface area contributed by atoms with E-state index in [9.17, 15) is 5.11 Å². The molecule has 3 aromatic heterocycles. The number of nitrogens with one attached hydrogen (secondary N) is 1. The van der Waals surface area contributed by atoms with E-state index in [0.29, 0.717) is 12.5 Å². The summed E-state index contributed by atoms with van der Waals surface area (Å²) < 4.78 is 3.35. The van der Waals surface area contributed by atoms with Gasteiger partial charge in [0.1, 0.15) is 6.23 Å². The van der Waals surface area contributed by atoms with Crippen LogP contribution in [0.3, 0.4) is 0 Å². The fraction of sp³-hybridized carbons (Fsp3) is 0.265. The van der Waals surface area contributed by atoms with E-state index in [4.69, 9.17) is 5.10 Å². The van der Waals surface area contributed by atoms with Crippen molar-refractivity contribution in [1.29, 1.82) is 0 Å². The lowest BCUT2D eigenvalue weighted by atomic mass is 9.90. The van der Waals surface area contributed by atoms with Crippen molar-refractivity contribution < 1.29 is 5.11 Å². The summed E-state index contributed by atoms with van der Waals surface area (Å²) in [5.74, 6) is 0.579. The molecule has 2 aromatic carbocycles. The lowest BCUT2D eigenvalue weighted by Crippen LogP contribution is -2.23. The van der Waals surface area contributed by atoms with Gasteiger partial charge in [0.05, 0.1) is 11.7 Å². The maximum absolute atomic E-state index is 10.7. The summed E-state index contributed by atoms with van der Waals surface area (Å²) in [5, 5.41) is 20.0. The topological polar surface area (TPSA) is 49.6 Å². The first-order valence-corrected chi connectivity index (χ1v) is 14.6. The van der Waals surface area contributed by atoms with Gasteiger partial charge in [-0.25, -0.2) is 4.52 Å². The number of allylic oxidation sites excluding steroid dienone is 2. The number of hydrogen-bond acceptors (Lipinski definition) is 4. The van der Waals surface area contributed by atoms with E-state index in [2.05, 4.69) is 96.5 Å². The number of aryl methyl sites for hydroxylation is 3. The Balaban J connectivity index is 1.03. The summed E-state index contributed by atoms with van der Waals surface area (Å²) in [5.41, 5.74) is 9.05. The van der Waals surface area contributed by atoms with E-state index in [1.165, 1.54) is 55.5 Å². The molecule has 7 rings (SSSR count). The minimum Gasteiger partial charge on any atom is -0.373 e. The quantitative estimate of drug-likeness (QED) is 0.203. The highest BCUT2D eigenvalue weighted by Gasteiger charge is 2.51. The van der Waals surface area contributed by atoms with Crippen LogP contribution < -0.4 is 5.32 Å². The Morgan fingerprint density at radius 1 is 1.08 bits per heavy atom. The summed E-state index contributed by atoms with van der Waals surface area (Å²) in [4.78, 5) is 0.963. The van der Waals surface area contributed by atoms with Crippen molar-refractivity contribution >= 4 is 26.9 Å². The van der Waals surface area contributed by atoms with Crippen LogP contribution >= 0.6 is 11.3 Å². The summed E-state index contributed by atoms with van der Waals surface area (Å²) >= 11 is 1.65. The van der Waals surface area contributed by atoms with Gasteiger partial charge in [0.25, 0.3) is 0 Å². The highest BCUT2D eigenvalue weighted by molar-refractivity contribution is 7.19. The summed E-state index contributed by atoms with van der Waals surface area (Å²) in [7, 11) is 0. The smallest absolute Gasteiger partial charge is 0.140 e. The van der Waals surface area contributed by atoms with Gasteiger partial charge >= 0.3 is 0 Å². The Morgan fingerprint density at radius 3 is 2.77 bits per heavy atom. The van der Waals surface area contributed by atoms with Crippen LogP contribution in [0.4, 0.5) is 0 Å². The lowest BCUT2D eigenvalue weighted by Gasteiger charge is -2.19. The molecule has 196 valence electrons. The van der Waals surface area contributed by atoms with Crippen LogP contribution in [-0.4, -0.2) is 21.3 Å². The van der Waals surface area contributed by atoms with Crippen molar-refractivity contribution in [2.45, 2.75) is 39.3 Å². The van der Waals surface area contributed by atoms with Crippen molar-refractivity contribution in [3.63, 3.8) is 0 Å². The van der Waals surface area contributed by atoms with E-state index in [1.54, 1.807) is 11.3 Å². The maximum Gasteiger partial charge on any atom is 0.140 e. The second-order valence-corrected chi connectivity index (χ2v) is 12.4. The molecule has 2 aliphatic carbocycles. The average Bonchev–Trinajstić information content (AvgIpc) is 3.28. The van der Waals surface area contributed by atoms with Crippen LogP contribution in [0.5, 0.6) is 0 Å². The Morgan fingerprint density at radius 2 is 1.92 bits per heavy atom. The third kappa shape index (κ3) is 4.55. The predicted molar refractivity (Wildman–Crippen MR) is 161 cm³/mol. The van der Waals surface area contributed by atoms with Gasteiger partial charge in [0.2, 0.25) is 0 Å². The number of rotatable bonds is 8. The molecule has 4 nitrogen and oxygen atoms in total. The molecule has 39 heavy (non-hydrogen) atoms. The molecule has 3 heterocycles. The molecule has 5 heteroatoms. The molecule has 2 aliphatic rings. The van der Waals surface area contributed by atoms with Crippen molar-refractivity contribution in [1.82, 2.24) is 14.9 Å². The number of nitrogens with zero attached hydrogens (tertiary/aromatic N) is 2. The normalized spacial score (nSPS) is 20.8. The number of aliphatic hydroxyl groups is 1. The Hall–Kier alpha value is -3.51. The highest BCUT2D eigenvalue weighted by atomic mass is 32.1. The highest BCUT2D eigenvalue weighted by Crippen LogP contribution is 2.60. The van der Waals surface area contributed by atoms with Crippen molar-refractivity contribution in [3.05, 3.63) is 118 Å². The number of benzene rings is 2. The average molecular weight is 532 g/mol. The predicted octanol–water partition coefficient (Wildman–Crippen LogP) is 7.55. The first kappa shape index (κ1) is 24.5. The minimum atomic E-state index is -0.650. The van der Waals surface area contributed by atoms with E-state index in [1.807, 2.05) is 18.3 Å². The Bertz CT molecular complexity index is 1730. The van der Waals surface area contributed by atoms with Gasteiger partial charge in [-0.2, -0.15) is 5.10 Å². The number of fused-ring (bicyclic) bond motifs is 3. The molecule has 0 bridgehead atoms. The minimum absolute atomic E-state index is 0.251. The van der Waals surface area contributed by atoms with Gasteiger partial charge in [-0.3, -0.25) is 5.32 Å². The molecular formula is C34H33N3OS. The fourth-order valence-corrected chi connectivity index (χ4v) is 7.19. The van der Waals surface area contributed by atoms with Gasteiger partial charge in [-0.1, -0.05) is 60.7 Å². The molecule has 1 saturated carbocycles. The Labute approximate surface area is 233 Å². The molecule has 0 amide bonds. The van der Waals surface area contributed by atoms with Gasteiger partial charge in [0.15, 0.2) is 0 Å². The summed E-state index contributed by atoms with van der Waals surface area (Å²) in [6.45, 7) is 5.00. The Kier molecular flexibility index (Phi) is 6.03. The zero-order valence-corrected chi connectivity index (χ0v) is 23.2. The lowest BCUT2D eigenvalue weighted by molar-refractivity contribution is 0.147. The van der Waals surface area contributed by atoms with E-state index < -0.39 is 6.23 Å². The van der Waals surface area contributed by atoms with Gasteiger partial charge < -0.3 is 5.11 Å². The molecule has 0 spiro atoms. The molecule has 0 saturated heterocycles. The van der Waals surface area contributed by atoms with Gasteiger partial charge in [0, 0.05) is 21.8 Å². The first-order valence-electron chi connectivity index (χ1n) is 13.8. The van der Waals surface area contributed by atoms with Crippen LogP contribution in [-0.2, 0) is 6.42 Å². The van der Waals surface area contributed by atoms with Crippen LogP contribution in [0, 0.1) is 25.2 Å². The molecule has 3 unspecified atom stereocenters. The van der Waals surface area contributed by atoms with Crippen LogP contribution in [0.15, 0.2) is 96.7 Å². The molecule has 3 atom stereocenters. The summed E-state index contributed by atoms with van der Waals surface area (Å²) in [6, 6.07) is 23.6. The molecule has 0 radical (unpaired) electrons. The second-order valence-electron chi connectivity index (χ2n) is 11.3. The van der Waals surface area contributed by atoms with Crippen molar-refractivity contribution in [3.8, 4) is 11.1 Å². The molecule has 5 aromatic rings. The summed E-state index contributed by atoms with van der Waals surface area (Å²) in [6.07, 6.45) is 11.7. The molecular weight excluding hydrogens is 498 g/mol. The van der Waals surface area contributed by atoms with Gasteiger partial charge in [-0.05, 0) is 102 Å². The number of thiophene rings is 1. The monoisotopic (exact) mass is 531 g/mol. The zero-order chi connectivity index (χ0) is 26.6. The van der Waals surface area contributed by atoms with Crippen LogP contribution in [0.25, 0.3) is 26.7 Å². The standard InChI is InChI=1S/C34H33N3OS/c1-22-7-3-5-9-29(22)26-16-28(37-30(17-26)23(2)20-36-37)12-14-34-13-11-24(15-27(34)19-34)21-35-33(38)32-18-25-8-4-6-10-31(25)39-32/h3-11,13,15-18,20,27,33,35,38H,12,14,19,21H2,1-2H3. The number of hydrogen-bond donors (Lipinski definition) is 2. The van der Waals surface area contributed by atoms with Crippen LogP contribution in [0.2, 0.25) is 0 Å². The van der Waals surface area contributed by atoms with Crippen LogP contribution in [0.1, 0.15) is 40.8 Å². The van der Waals surface area contributed by atoms with Crippen molar-refractivity contribution in [2.24, 2.45) is 11.3 Å². The third-order valence-corrected chi connectivity index (χ3v) is 9.79. The molecule has 1 fully saturated rings. The number of pyridine rings is 1. The van der Waals surface area contributed by atoms with E-state index in [-0.39, 0.29) is 5.41 Å². The van der Waals surface area contributed by atoms with Gasteiger partial charge in [-0.15, -0.1) is 11.3 Å². The largest absolute Gasteiger partial charge is 0.373 e. The number of aliphatic hydroxyl groups excluding tert-OH is 1. The SMILES string of the molecule is Cc1ccccc1-c1cc(CCC23C=CC(CNC(O)c4cc5ccccc5s4)=CC2C3)n2ncc(C)c2c1. The maximum atomic E-state index is 10.7. The number of aromatic nitrogens is 2. The zero-order valence-electron chi connectivity index (χ0n) is 22.4. The van der Waals surface area contributed by atoms with Crippen molar-refractivity contribution in [2.75, 3.05) is 6.54 Å². The second kappa shape index (κ2) is 9.60. The molecule has 0 aliphatic heterocycles. The third-order valence-electron chi connectivity index (χ3n) is 8.62.